The van der Waals surface area contributed by atoms with Gasteiger partial charge in [0.15, 0.2) is 0 Å². The summed E-state index contributed by atoms with van der Waals surface area (Å²) in [6, 6.07) is 6.95. The maximum atomic E-state index is 11.9. The third-order valence-corrected chi connectivity index (χ3v) is 2.83. The highest BCUT2D eigenvalue weighted by Crippen LogP contribution is 2.27. The first kappa shape index (κ1) is 20.2. The summed E-state index contributed by atoms with van der Waals surface area (Å²) in [5, 5.41) is 5.49. The number of hydrogen-bond donors (Lipinski definition) is 3. The van der Waals surface area contributed by atoms with Gasteiger partial charge in [0.05, 0.1) is 19.1 Å². The first-order valence-electron chi connectivity index (χ1n) is 7.04. The van der Waals surface area contributed by atoms with Crippen LogP contribution in [-0.4, -0.2) is 31.5 Å². The van der Waals surface area contributed by atoms with Crippen molar-refractivity contribution >= 4 is 24.2 Å². The van der Waals surface area contributed by atoms with Gasteiger partial charge in [-0.3, -0.25) is 9.59 Å². The predicted molar refractivity (Wildman–Crippen MR) is 88.1 cm³/mol. The lowest BCUT2D eigenvalue weighted by atomic mass is 10.0. The molecule has 6 nitrogen and oxygen atoms in total. The molecular formula is C15H24ClN3O3. The van der Waals surface area contributed by atoms with Gasteiger partial charge >= 0.3 is 0 Å². The fourth-order valence-corrected chi connectivity index (χ4v) is 2.01. The van der Waals surface area contributed by atoms with E-state index in [0.29, 0.717) is 25.4 Å². The third-order valence-electron chi connectivity index (χ3n) is 2.83. The van der Waals surface area contributed by atoms with Gasteiger partial charge in [-0.2, -0.15) is 0 Å². The molecule has 124 valence electrons. The van der Waals surface area contributed by atoms with E-state index in [2.05, 4.69) is 10.6 Å². The number of benzene rings is 1. The quantitative estimate of drug-likeness (QED) is 0.667. The van der Waals surface area contributed by atoms with Gasteiger partial charge in [0, 0.05) is 25.6 Å². The number of hydrogen-bond acceptors (Lipinski definition) is 4. The van der Waals surface area contributed by atoms with Crippen LogP contribution in [-0.2, 0) is 9.59 Å². The first-order chi connectivity index (χ1) is 10.1. The highest BCUT2D eigenvalue weighted by atomic mass is 35.5. The summed E-state index contributed by atoms with van der Waals surface area (Å²) in [7, 11) is 0. The molecule has 1 atom stereocenters. The lowest BCUT2D eigenvalue weighted by Crippen LogP contribution is -2.34. The molecule has 7 heteroatoms. The van der Waals surface area contributed by atoms with E-state index in [0.717, 1.165) is 5.56 Å². The standard InChI is InChI=1S/C15H23N3O3.ClH/c1-3-21-14-7-5-4-6-12(14)13(18-11(2)19)10-15(20)17-9-8-16;/h4-7,13H,3,8-10,16H2,1-2H3,(H,17,20)(H,18,19);1H. The molecule has 1 aromatic rings. The minimum Gasteiger partial charge on any atom is -0.494 e. The number of halogens is 1. The number of rotatable bonds is 8. The van der Waals surface area contributed by atoms with Crippen LogP contribution in [0.15, 0.2) is 24.3 Å². The molecule has 2 amide bonds. The van der Waals surface area contributed by atoms with Crippen molar-refractivity contribution in [2.24, 2.45) is 5.73 Å². The molecule has 1 rings (SSSR count). The van der Waals surface area contributed by atoms with Crippen LogP contribution in [0.2, 0.25) is 0 Å². The molecule has 0 aliphatic rings. The van der Waals surface area contributed by atoms with Gasteiger partial charge in [0.25, 0.3) is 0 Å². The molecule has 0 aliphatic carbocycles. The molecular weight excluding hydrogens is 306 g/mol. The Labute approximate surface area is 137 Å². The SMILES string of the molecule is CCOc1ccccc1C(CC(=O)NCCN)NC(C)=O.Cl. The van der Waals surface area contributed by atoms with Gasteiger partial charge in [-0.25, -0.2) is 0 Å². The van der Waals surface area contributed by atoms with E-state index in [4.69, 9.17) is 10.5 Å². The number of para-hydroxylation sites is 1. The van der Waals surface area contributed by atoms with Crippen molar-refractivity contribution in [3.8, 4) is 5.75 Å². The van der Waals surface area contributed by atoms with Crippen LogP contribution < -0.4 is 21.1 Å². The van der Waals surface area contributed by atoms with Crippen molar-refractivity contribution in [2.45, 2.75) is 26.3 Å². The van der Waals surface area contributed by atoms with Gasteiger partial charge < -0.3 is 21.1 Å². The normalized spacial score (nSPS) is 11.0. The van der Waals surface area contributed by atoms with Crippen LogP contribution in [0.3, 0.4) is 0 Å². The molecule has 0 aromatic heterocycles. The average molecular weight is 330 g/mol. The van der Waals surface area contributed by atoms with Gasteiger partial charge in [0.2, 0.25) is 11.8 Å². The Bertz CT molecular complexity index is 483. The number of ether oxygens (including phenoxy) is 1. The van der Waals surface area contributed by atoms with Crippen LogP contribution in [0.25, 0.3) is 0 Å². The number of carbonyl (C=O) groups is 2. The summed E-state index contributed by atoms with van der Waals surface area (Å²) in [5.74, 6) is 0.314. The molecule has 0 saturated carbocycles. The molecule has 0 fully saturated rings. The largest absolute Gasteiger partial charge is 0.494 e. The molecule has 1 aromatic carbocycles. The predicted octanol–water partition coefficient (Wildman–Crippen LogP) is 1.15. The number of nitrogens with one attached hydrogen (secondary N) is 2. The van der Waals surface area contributed by atoms with Crippen molar-refractivity contribution in [2.75, 3.05) is 19.7 Å². The van der Waals surface area contributed by atoms with Crippen LogP contribution in [0.1, 0.15) is 31.9 Å². The molecule has 0 spiro atoms. The molecule has 0 heterocycles. The summed E-state index contributed by atoms with van der Waals surface area (Å²) in [4.78, 5) is 23.3. The van der Waals surface area contributed by atoms with Crippen LogP contribution in [0.5, 0.6) is 5.75 Å². The van der Waals surface area contributed by atoms with Crippen LogP contribution >= 0.6 is 12.4 Å². The van der Waals surface area contributed by atoms with Gasteiger partial charge in [-0.15, -0.1) is 12.4 Å². The maximum absolute atomic E-state index is 11.9. The first-order valence-corrected chi connectivity index (χ1v) is 7.04. The van der Waals surface area contributed by atoms with Crippen molar-refractivity contribution in [1.82, 2.24) is 10.6 Å². The molecule has 0 saturated heterocycles. The Morgan fingerprint density at radius 2 is 2.00 bits per heavy atom. The highest BCUT2D eigenvalue weighted by molar-refractivity contribution is 5.85. The van der Waals surface area contributed by atoms with Crippen molar-refractivity contribution in [1.29, 1.82) is 0 Å². The molecule has 4 N–H and O–H groups in total. The summed E-state index contributed by atoms with van der Waals surface area (Å²) in [6.45, 7) is 4.63. The fraction of sp³-hybridized carbons (Fsp3) is 0.467. The van der Waals surface area contributed by atoms with Crippen molar-refractivity contribution in [3.05, 3.63) is 29.8 Å². The van der Waals surface area contributed by atoms with Crippen molar-refractivity contribution < 1.29 is 14.3 Å². The summed E-state index contributed by atoms with van der Waals surface area (Å²) >= 11 is 0. The summed E-state index contributed by atoms with van der Waals surface area (Å²) in [5.41, 5.74) is 6.15. The second kappa shape index (κ2) is 10.9. The van der Waals surface area contributed by atoms with Crippen LogP contribution in [0, 0.1) is 0 Å². The van der Waals surface area contributed by atoms with E-state index in [1.807, 2.05) is 31.2 Å². The lowest BCUT2D eigenvalue weighted by molar-refractivity contribution is -0.122. The van der Waals surface area contributed by atoms with Crippen molar-refractivity contribution in [3.63, 3.8) is 0 Å². The Balaban J connectivity index is 0.00000441. The zero-order chi connectivity index (χ0) is 15.7. The Morgan fingerprint density at radius 3 is 2.59 bits per heavy atom. The van der Waals surface area contributed by atoms with Gasteiger partial charge in [0.1, 0.15) is 5.75 Å². The topological polar surface area (TPSA) is 93.4 Å². The highest BCUT2D eigenvalue weighted by Gasteiger charge is 2.20. The van der Waals surface area contributed by atoms with Crippen LogP contribution in [0.4, 0.5) is 0 Å². The van der Waals surface area contributed by atoms with E-state index in [1.54, 1.807) is 0 Å². The second-order valence-electron chi connectivity index (χ2n) is 4.57. The minimum atomic E-state index is -0.428. The second-order valence-corrected chi connectivity index (χ2v) is 4.57. The molecule has 0 aliphatic heterocycles. The van der Waals surface area contributed by atoms with Gasteiger partial charge in [-0.05, 0) is 13.0 Å². The zero-order valence-corrected chi connectivity index (χ0v) is 13.7. The molecule has 22 heavy (non-hydrogen) atoms. The third kappa shape index (κ3) is 6.78. The fourth-order valence-electron chi connectivity index (χ4n) is 2.01. The van der Waals surface area contributed by atoms with E-state index in [1.165, 1.54) is 6.92 Å². The van der Waals surface area contributed by atoms with E-state index < -0.39 is 6.04 Å². The van der Waals surface area contributed by atoms with E-state index in [-0.39, 0.29) is 30.6 Å². The minimum absolute atomic E-state index is 0. The molecule has 0 radical (unpaired) electrons. The van der Waals surface area contributed by atoms with E-state index in [9.17, 15) is 9.59 Å². The Hall–Kier alpha value is -1.79. The number of carbonyl (C=O) groups excluding carboxylic acids is 2. The number of amides is 2. The number of nitrogens with two attached hydrogens (primary N) is 1. The average Bonchev–Trinajstić information content (AvgIpc) is 2.45. The van der Waals surface area contributed by atoms with E-state index >= 15 is 0 Å². The maximum Gasteiger partial charge on any atom is 0.222 e. The zero-order valence-electron chi connectivity index (χ0n) is 12.9. The lowest BCUT2D eigenvalue weighted by Gasteiger charge is -2.20. The molecule has 0 bridgehead atoms. The monoisotopic (exact) mass is 329 g/mol. The summed E-state index contributed by atoms with van der Waals surface area (Å²) < 4.78 is 5.56. The smallest absolute Gasteiger partial charge is 0.222 e. The Morgan fingerprint density at radius 1 is 1.32 bits per heavy atom. The Kier molecular flexibility index (Phi) is 9.98. The van der Waals surface area contributed by atoms with Gasteiger partial charge in [-0.1, -0.05) is 18.2 Å². The molecule has 1 unspecified atom stereocenters. The summed E-state index contributed by atoms with van der Waals surface area (Å²) in [6.07, 6.45) is 0.143.